The molecule has 0 spiro atoms. The monoisotopic (exact) mass is 222 g/mol. The number of carbonyl (C=O) groups excluding carboxylic acids is 2. The Kier molecular flexibility index (Phi) is 4.81. The minimum atomic E-state index is -0.961. The highest BCUT2D eigenvalue weighted by molar-refractivity contribution is 5.77. The van der Waals surface area contributed by atoms with Crippen molar-refractivity contribution in [3.05, 3.63) is 35.9 Å². The summed E-state index contributed by atoms with van der Waals surface area (Å²) in [5, 5.41) is 2.11. The van der Waals surface area contributed by atoms with Crippen molar-refractivity contribution in [1.29, 1.82) is 0 Å². The van der Waals surface area contributed by atoms with Crippen LogP contribution in [0.3, 0.4) is 0 Å². The molecule has 0 saturated heterocycles. The van der Waals surface area contributed by atoms with Crippen molar-refractivity contribution in [2.75, 3.05) is 6.54 Å². The van der Waals surface area contributed by atoms with Crippen molar-refractivity contribution in [3.8, 4) is 0 Å². The number of rotatable bonds is 4. The van der Waals surface area contributed by atoms with E-state index in [1.54, 1.807) is 12.1 Å². The SMILES string of the molecule is [N]OC(=O)CNC(=O)OCc1ccccc1. The van der Waals surface area contributed by atoms with E-state index in [0.29, 0.717) is 0 Å². The van der Waals surface area contributed by atoms with Gasteiger partial charge >= 0.3 is 12.1 Å². The van der Waals surface area contributed by atoms with Gasteiger partial charge in [0.1, 0.15) is 19.0 Å². The quantitative estimate of drug-likeness (QED) is 0.749. The van der Waals surface area contributed by atoms with Crippen LogP contribution in [0.15, 0.2) is 30.3 Å². The summed E-state index contributed by atoms with van der Waals surface area (Å²) in [6, 6.07) is 9.09. The van der Waals surface area contributed by atoms with Crippen LogP contribution in [-0.4, -0.2) is 18.6 Å². The van der Waals surface area contributed by atoms with Crippen LogP contribution in [0.1, 0.15) is 5.56 Å². The van der Waals surface area contributed by atoms with Gasteiger partial charge in [0.2, 0.25) is 0 Å². The molecular formula is C10H10N2O4. The molecule has 0 atom stereocenters. The number of nitrogens with zero attached hydrogens (tertiary/aromatic N) is 1. The molecule has 0 saturated carbocycles. The minimum Gasteiger partial charge on any atom is -0.445 e. The highest BCUT2D eigenvalue weighted by atomic mass is 16.7. The van der Waals surface area contributed by atoms with E-state index >= 15 is 0 Å². The Hall–Kier alpha value is -2.08. The van der Waals surface area contributed by atoms with Crippen LogP contribution in [0.4, 0.5) is 4.79 Å². The van der Waals surface area contributed by atoms with Crippen molar-refractivity contribution in [2.24, 2.45) is 0 Å². The van der Waals surface area contributed by atoms with Crippen LogP contribution in [0.2, 0.25) is 0 Å². The molecule has 0 heterocycles. The molecule has 1 aromatic carbocycles. The number of ether oxygens (including phenoxy) is 1. The Morgan fingerprint density at radius 3 is 2.56 bits per heavy atom. The summed E-state index contributed by atoms with van der Waals surface area (Å²) in [6.07, 6.45) is -0.755. The van der Waals surface area contributed by atoms with E-state index < -0.39 is 18.6 Å². The van der Waals surface area contributed by atoms with Crippen LogP contribution in [-0.2, 0) is 21.0 Å². The molecule has 1 aromatic rings. The van der Waals surface area contributed by atoms with E-state index in [9.17, 15) is 9.59 Å². The van der Waals surface area contributed by atoms with Gasteiger partial charge in [-0.25, -0.2) is 9.59 Å². The Bertz CT molecular complexity index is 353. The third kappa shape index (κ3) is 4.43. The van der Waals surface area contributed by atoms with E-state index in [1.165, 1.54) is 0 Å². The smallest absolute Gasteiger partial charge is 0.407 e. The molecule has 6 nitrogen and oxygen atoms in total. The van der Waals surface area contributed by atoms with Crippen molar-refractivity contribution >= 4 is 12.1 Å². The molecule has 1 amide bonds. The molecule has 1 N–H and O–H groups in total. The topological polar surface area (TPSA) is 86.9 Å². The van der Waals surface area contributed by atoms with Gasteiger partial charge in [-0.1, -0.05) is 30.3 Å². The van der Waals surface area contributed by atoms with Gasteiger partial charge in [-0.05, 0) is 5.56 Å². The highest BCUT2D eigenvalue weighted by Gasteiger charge is 2.06. The van der Waals surface area contributed by atoms with Crippen LogP contribution < -0.4 is 11.2 Å². The molecular weight excluding hydrogens is 212 g/mol. The summed E-state index contributed by atoms with van der Waals surface area (Å²) in [4.78, 5) is 24.8. The average molecular weight is 222 g/mol. The number of amides is 1. The summed E-state index contributed by atoms with van der Waals surface area (Å²) >= 11 is 0. The molecule has 16 heavy (non-hydrogen) atoms. The Morgan fingerprint density at radius 2 is 1.94 bits per heavy atom. The first-order chi connectivity index (χ1) is 7.72. The first kappa shape index (κ1) is 12.0. The van der Waals surface area contributed by atoms with Crippen molar-refractivity contribution in [1.82, 2.24) is 11.2 Å². The van der Waals surface area contributed by atoms with Crippen LogP contribution in [0, 0.1) is 0 Å². The second-order valence-corrected chi connectivity index (χ2v) is 2.88. The molecule has 2 radical (unpaired) electrons. The molecule has 84 valence electrons. The van der Waals surface area contributed by atoms with E-state index in [1.807, 2.05) is 18.2 Å². The Morgan fingerprint density at radius 1 is 1.25 bits per heavy atom. The second-order valence-electron chi connectivity index (χ2n) is 2.88. The van der Waals surface area contributed by atoms with Gasteiger partial charge in [-0.2, -0.15) is 0 Å². The fourth-order valence-electron chi connectivity index (χ4n) is 0.951. The number of benzene rings is 1. The van der Waals surface area contributed by atoms with Crippen molar-refractivity contribution < 1.29 is 19.2 Å². The molecule has 1 rings (SSSR count). The number of alkyl carbamates (subject to hydrolysis) is 1. The molecule has 0 aliphatic carbocycles. The fraction of sp³-hybridized carbons (Fsp3) is 0.200. The molecule has 0 unspecified atom stereocenters. The predicted molar refractivity (Wildman–Crippen MR) is 52.9 cm³/mol. The standard InChI is InChI=1S/C10H10N2O4/c11-16-9(13)6-12-10(14)15-7-8-4-2-1-3-5-8/h1-5H,6-7H2,(H,12,14). The summed E-state index contributed by atoms with van der Waals surface area (Å²) in [5.41, 5.74) is 0.836. The summed E-state index contributed by atoms with van der Waals surface area (Å²) < 4.78 is 4.78. The maximum atomic E-state index is 11.0. The molecule has 6 heteroatoms. The first-order valence-corrected chi connectivity index (χ1v) is 4.51. The molecule has 0 fully saturated rings. The third-order valence-electron chi connectivity index (χ3n) is 1.69. The zero-order valence-corrected chi connectivity index (χ0v) is 8.38. The van der Waals surface area contributed by atoms with E-state index in [0.717, 1.165) is 5.56 Å². The van der Waals surface area contributed by atoms with E-state index in [2.05, 4.69) is 10.2 Å². The van der Waals surface area contributed by atoms with Gasteiger partial charge < -0.3 is 14.9 Å². The second kappa shape index (κ2) is 6.41. The van der Waals surface area contributed by atoms with Gasteiger partial charge in [-0.3, -0.25) is 0 Å². The molecule has 0 aliphatic heterocycles. The van der Waals surface area contributed by atoms with E-state index in [4.69, 9.17) is 10.6 Å². The lowest BCUT2D eigenvalue weighted by Gasteiger charge is -2.05. The molecule has 0 aromatic heterocycles. The zero-order chi connectivity index (χ0) is 11.8. The maximum absolute atomic E-state index is 11.0. The number of hydrogen-bond donors (Lipinski definition) is 1. The van der Waals surface area contributed by atoms with Crippen molar-refractivity contribution in [3.63, 3.8) is 0 Å². The minimum absolute atomic E-state index is 0.112. The van der Waals surface area contributed by atoms with Gasteiger partial charge in [0, 0.05) is 0 Å². The van der Waals surface area contributed by atoms with Gasteiger partial charge in [0.15, 0.2) is 0 Å². The van der Waals surface area contributed by atoms with Gasteiger partial charge in [0.05, 0.1) is 0 Å². The molecule has 0 bridgehead atoms. The summed E-state index contributed by atoms with van der Waals surface area (Å²) in [5.74, 6) is 6.95. The highest BCUT2D eigenvalue weighted by Crippen LogP contribution is 2.00. The van der Waals surface area contributed by atoms with Crippen LogP contribution >= 0.6 is 0 Å². The van der Waals surface area contributed by atoms with E-state index in [-0.39, 0.29) is 6.61 Å². The number of carbonyl (C=O) groups is 2. The lowest BCUT2D eigenvalue weighted by Crippen LogP contribution is -2.30. The summed E-state index contributed by atoms with van der Waals surface area (Å²) in [7, 11) is 0. The van der Waals surface area contributed by atoms with Crippen LogP contribution in [0.25, 0.3) is 0 Å². The van der Waals surface area contributed by atoms with Gasteiger partial charge in [-0.15, -0.1) is 0 Å². The fourth-order valence-corrected chi connectivity index (χ4v) is 0.951. The third-order valence-corrected chi connectivity index (χ3v) is 1.69. The average Bonchev–Trinajstić information content (AvgIpc) is 2.34. The Labute approximate surface area is 92.3 Å². The number of nitrogens with one attached hydrogen (secondary N) is 1. The lowest BCUT2D eigenvalue weighted by atomic mass is 10.2. The maximum Gasteiger partial charge on any atom is 0.407 e. The number of hydrogen-bond acceptors (Lipinski definition) is 4. The largest absolute Gasteiger partial charge is 0.445 e. The predicted octanol–water partition coefficient (Wildman–Crippen LogP) is 0.440. The van der Waals surface area contributed by atoms with Crippen molar-refractivity contribution in [2.45, 2.75) is 6.61 Å². The van der Waals surface area contributed by atoms with Crippen LogP contribution in [0.5, 0.6) is 0 Å². The normalized spacial score (nSPS) is 9.31. The van der Waals surface area contributed by atoms with Gasteiger partial charge in [0.25, 0.3) is 0 Å². The first-order valence-electron chi connectivity index (χ1n) is 4.51. The molecule has 0 aliphatic rings. The summed E-state index contributed by atoms with van der Waals surface area (Å²) in [6.45, 7) is -0.328. The Balaban J connectivity index is 2.23. The lowest BCUT2D eigenvalue weighted by molar-refractivity contribution is -0.144. The zero-order valence-electron chi connectivity index (χ0n) is 8.38.